The summed E-state index contributed by atoms with van der Waals surface area (Å²) in [6.45, 7) is 8.69. The maximum atomic E-state index is 11.0. The number of anilines is 1. The summed E-state index contributed by atoms with van der Waals surface area (Å²) >= 11 is 0. The number of hydrogen-bond donors (Lipinski definition) is 1. The zero-order valence-corrected chi connectivity index (χ0v) is 11.3. The third-order valence-corrected chi connectivity index (χ3v) is 2.66. The minimum Gasteiger partial charge on any atom is -0.377 e. The number of nitro groups is 1. The van der Waals surface area contributed by atoms with Crippen LogP contribution in [0.5, 0.6) is 0 Å². The molecule has 0 spiro atoms. The standard InChI is InChI=1S/C13H20N2O3/c1-5-18-13(3,4)9-14-11-8-6-7-10(2)12(11)15(16)17/h6-8,14H,5,9H2,1-4H3. The predicted molar refractivity (Wildman–Crippen MR) is 72.0 cm³/mol. The first-order valence-electron chi connectivity index (χ1n) is 5.99. The number of nitrogens with zero attached hydrogens (tertiary/aromatic N) is 1. The zero-order valence-electron chi connectivity index (χ0n) is 11.3. The van der Waals surface area contributed by atoms with Crippen molar-refractivity contribution in [3.8, 4) is 0 Å². The normalized spacial score (nSPS) is 11.3. The molecule has 0 amide bonds. The van der Waals surface area contributed by atoms with Crippen LogP contribution in [0.4, 0.5) is 11.4 Å². The average Bonchev–Trinajstić information content (AvgIpc) is 2.26. The largest absolute Gasteiger partial charge is 0.377 e. The monoisotopic (exact) mass is 252 g/mol. The molecule has 0 unspecified atom stereocenters. The van der Waals surface area contributed by atoms with E-state index in [0.717, 1.165) is 0 Å². The molecular formula is C13H20N2O3. The van der Waals surface area contributed by atoms with Crippen LogP contribution >= 0.6 is 0 Å². The second-order valence-electron chi connectivity index (χ2n) is 4.77. The highest BCUT2D eigenvalue weighted by Crippen LogP contribution is 2.28. The van der Waals surface area contributed by atoms with Gasteiger partial charge in [0.1, 0.15) is 5.69 Å². The van der Waals surface area contributed by atoms with Gasteiger partial charge in [0.25, 0.3) is 5.69 Å². The summed E-state index contributed by atoms with van der Waals surface area (Å²) in [6.07, 6.45) is 0. The Morgan fingerprint density at radius 3 is 2.67 bits per heavy atom. The van der Waals surface area contributed by atoms with Crippen LogP contribution in [0.1, 0.15) is 26.3 Å². The van der Waals surface area contributed by atoms with Gasteiger partial charge in [0, 0.05) is 18.7 Å². The fourth-order valence-corrected chi connectivity index (χ4v) is 1.79. The summed E-state index contributed by atoms with van der Waals surface area (Å²) in [4.78, 5) is 10.7. The van der Waals surface area contributed by atoms with E-state index in [9.17, 15) is 10.1 Å². The molecule has 0 bridgehead atoms. The van der Waals surface area contributed by atoms with Crippen molar-refractivity contribution in [1.29, 1.82) is 0 Å². The highest BCUT2D eigenvalue weighted by Gasteiger charge is 2.21. The summed E-state index contributed by atoms with van der Waals surface area (Å²) in [5.41, 5.74) is 0.962. The van der Waals surface area contributed by atoms with Gasteiger partial charge in [-0.25, -0.2) is 0 Å². The Hall–Kier alpha value is -1.62. The molecule has 1 N–H and O–H groups in total. The van der Waals surface area contributed by atoms with Crippen molar-refractivity contribution >= 4 is 11.4 Å². The second-order valence-corrected chi connectivity index (χ2v) is 4.77. The van der Waals surface area contributed by atoms with E-state index in [-0.39, 0.29) is 16.2 Å². The Kier molecular flexibility index (Phi) is 4.67. The SMILES string of the molecule is CCOC(C)(C)CNc1cccc(C)c1[N+](=O)[O-]. The van der Waals surface area contributed by atoms with Crippen LogP contribution in [0, 0.1) is 17.0 Å². The molecular weight excluding hydrogens is 232 g/mol. The van der Waals surface area contributed by atoms with Gasteiger partial charge in [0.2, 0.25) is 0 Å². The number of ether oxygens (including phenoxy) is 1. The first-order chi connectivity index (χ1) is 8.37. The minimum absolute atomic E-state index is 0.129. The summed E-state index contributed by atoms with van der Waals surface area (Å²) in [5.74, 6) is 0. The molecule has 0 saturated carbocycles. The molecule has 5 heteroatoms. The summed E-state index contributed by atoms with van der Waals surface area (Å²) in [7, 11) is 0. The number of aryl methyl sites for hydroxylation is 1. The maximum Gasteiger partial charge on any atom is 0.295 e. The topological polar surface area (TPSA) is 64.4 Å². The molecule has 0 heterocycles. The molecule has 100 valence electrons. The van der Waals surface area contributed by atoms with Crippen LogP contribution in [0.15, 0.2) is 18.2 Å². The molecule has 5 nitrogen and oxygen atoms in total. The van der Waals surface area contributed by atoms with Gasteiger partial charge in [-0.2, -0.15) is 0 Å². The quantitative estimate of drug-likeness (QED) is 0.624. The second kappa shape index (κ2) is 5.82. The van der Waals surface area contributed by atoms with Gasteiger partial charge in [0.05, 0.1) is 10.5 Å². The van der Waals surface area contributed by atoms with Gasteiger partial charge in [-0.3, -0.25) is 10.1 Å². The van der Waals surface area contributed by atoms with E-state index in [4.69, 9.17) is 4.74 Å². The summed E-state index contributed by atoms with van der Waals surface area (Å²) < 4.78 is 5.55. The van der Waals surface area contributed by atoms with Crippen LogP contribution < -0.4 is 5.32 Å². The predicted octanol–water partition coefficient (Wildman–Crippen LogP) is 3.13. The molecule has 18 heavy (non-hydrogen) atoms. The van der Waals surface area contributed by atoms with Crippen molar-refractivity contribution in [1.82, 2.24) is 0 Å². The highest BCUT2D eigenvalue weighted by molar-refractivity contribution is 5.65. The van der Waals surface area contributed by atoms with Crippen molar-refractivity contribution in [2.45, 2.75) is 33.3 Å². The van der Waals surface area contributed by atoms with Crippen molar-refractivity contribution in [3.05, 3.63) is 33.9 Å². The van der Waals surface area contributed by atoms with E-state index >= 15 is 0 Å². The summed E-state index contributed by atoms with van der Waals surface area (Å²) in [5, 5.41) is 14.1. The first kappa shape index (κ1) is 14.4. The fraction of sp³-hybridized carbons (Fsp3) is 0.538. The van der Waals surface area contributed by atoms with Crippen LogP contribution in [-0.2, 0) is 4.74 Å². The summed E-state index contributed by atoms with van der Waals surface area (Å²) in [6, 6.07) is 5.25. The highest BCUT2D eigenvalue weighted by atomic mass is 16.6. The van der Waals surface area contributed by atoms with Crippen LogP contribution in [0.25, 0.3) is 0 Å². The smallest absolute Gasteiger partial charge is 0.295 e. The lowest BCUT2D eigenvalue weighted by Crippen LogP contribution is -2.33. The Morgan fingerprint density at radius 2 is 2.11 bits per heavy atom. The molecule has 0 aliphatic heterocycles. The number of hydrogen-bond acceptors (Lipinski definition) is 4. The van der Waals surface area contributed by atoms with Crippen molar-refractivity contribution in [2.75, 3.05) is 18.5 Å². The molecule has 0 radical (unpaired) electrons. The molecule has 0 saturated heterocycles. The van der Waals surface area contributed by atoms with Gasteiger partial charge >= 0.3 is 0 Å². The fourth-order valence-electron chi connectivity index (χ4n) is 1.79. The number of nitrogens with one attached hydrogen (secondary N) is 1. The average molecular weight is 252 g/mol. The first-order valence-corrected chi connectivity index (χ1v) is 5.99. The minimum atomic E-state index is -0.356. The van der Waals surface area contributed by atoms with E-state index in [1.54, 1.807) is 25.1 Å². The van der Waals surface area contributed by atoms with E-state index in [1.165, 1.54) is 0 Å². The Morgan fingerprint density at radius 1 is 1.44 bits per heavy atom. The van der Waals surface area contributed by atoms with Crippen LogP contribution in [0.2, 0.25) is 0 Å². The van der Waals surface area contributed by atoms with Crippen LogP contribution in [-0.4, -0.2) is 23.7 Å². The van der Waals surface area contributed by atoms with Crippen molar-refractivity contribution in [2.24, 2.45) is 0 Å². The van der Waals surface area contributed by atoms with E-state index < -0.39 is 0 Å². The third kappa shape index (κ3) is 3.70. The van der Waals surface area contributed by atoms with E-state index in [0.29, 0.717) is 24.4 Å². The van der Waals surface area contributed by atoms with Gasteiger partial charge in [-0.1, -0.05) is 12.1 Å². The van der Waals surface area contributed by atoms with Crippen molar-refractivity contribution < 1.29 is 9.66 Å². The van der Waals surface area contributed by atoms with Gasteiger partial charge in [-0.15, -0.1) is 0 Å². The third-order valence-electron chi connectivity index (χ3n) is 2.66. The lowest BCUT2D eigenvalue weighted by molar-refractivity contribution is -0.384. The van der Waals surface area contributed by atoms with E-state index in [2.05, 4.69) is 5.32 Å². The number of benzene rings is 1. The Labute approximate surface area is 107 Å². The van der Waals surface area contributed by atoms with Gasteiger partial charge in [0.15, 0.2) is 0 Å². The Balaban J connectivity index is 2.85. The molecule has 1 aromatic carbocycles. The van der Waals surface area contributed by atoms with E-state index in [1.807, 2.05) is 20.8 Å². The molecule has 0 aliphatic carbocycles. The van der Waals surface area contributed by atoms with Gasteiger partial charge in [-0.05, 0) is 33.8 Å². The van der Waals surface area contributed by atoms with Gasteiger partial charge < -0.3 is 10.1 Å². The van der Waals surface area contributed by atoms with Crippen LogP contribution in [0.3, 0.4) is 0 Å². The molecule has 0 aliphatic rings. The molecule has 0 fully saturated rings. The number of para-hydroxylation sites is 1. The Bertz CT molecular complexity index is 430. The lowest BCUT2D eigenvalue weighted by atomic mass is 10.1. The molecule has 0 aromatic heterocycles. The lowest BCUT2D eigenvalue weighted by Gasteiger charge is -2.25. The zero-order chi connectivity index (χ0) is 13.8. The molecule has 1 rings (SSSR count). The molecule has 1 aromatic rings. The maximum absolute atomic E-state index is 11.0. The van der Waals surface area contributed by atoms with Crippen molar-refractivity contribution in [3.63, 3.8) is 0 Å². The number of nitro benzene ring substituents is 1. The number of rotatable bonds is 6. The molecule has 0 atom stereocenters.